The van der Waals surface area contributed by atoms with Gasteiger partial charge in [0.25, 0.3) is 0 Å². The third-order valence-electron chi connectivity index (χ3n) is 3.21. The van der Waals surface area contributed by atoms with E-state index in [1.165, 1.54) is 4.90 Å². The highest BCUT2D eigenvalue weighted by molar-refractivity contribution is 6.05. The summed E-state index contributed by atoms with van der Waals surface area (Å²) in [6.45, 7) is 0. The van der Waals surface area contributed by atoms with Gasteiger partial charge in [0.1, 0.15) is 0 Å². The molecule has 3 aromatic carbocycles. The van der Waals surface area contributed by atoms with Crippen molar-refractivity contribution in [3.8, 4) is 0 Å². The van der Waals surface area contributed by atoms with E-state index in [0.29, 0.717) is 11.4 Å². The molecule has 98 valence electrons. The zero-order chi connectivity index (χ0) is 13.9. The molecule has 3 aromatic rings. The summed E-state index contributed by atoms with van der Waals surface area (Å²) in [6.07, 6.45) is -0.993. The van der Waals surface area contributed by atoms with Gasteiger partial charge in [0.15, 0.2) is 0 Å². The summed E-state index contributed by atoms with van der Waals surface area (Å²) < 4.78 is 0. The van der Waals surface area contributed by atoms with Crippen LogP contribution in [0, 0.1) is 0 Å². The Morgan fingerprint density at radius 1 is 0.800 bits per heavy atom. The Hall–Kier alpha value is -2.81. The van der Waals surface area contributed by atoms with Gasteiger partial charge in [0, 0.05) is 5.39 Å². The smallest absolute Gasteiger partial charge is 0.416 e. The topological polar surface area (TPSA) is 40.5 Å². The largest absolute Gasteiger partial charge is 0.464 e. The lowest BCUT2D eigenvalue weighted by molar-refractivity contribution is 0.205. The Bertz CT molecular complexity index is 748. The number of fused-ring (bicyclic) bond motifs is 1. The van der Waals surface area contributed by atoms with Crippen molar-refractivity contribution < 1.29 is 9.90 Å². The Balaban J connectivity index is 2.23. The van der Waals surface area contributed by atoms with Gasteiger partial charge in [0.2, 0.25) is 0 Å². The van der Waals surface area contributed by atoms with Gasteiger partial charge >= 0.3 is 6.09 Å². The lowest BCUT2D eigenvalue weighted by Gasteiger charge is -2.21. The summed E-state index contributed by atoms with van der Waals surface area (Å²) in [6, 6.07) is 22.5. The van der Waals surface area contributed by atoms with Crippen molar-refractivity contribution in [2.45, 2.75) is 0 Å². The molecule has 0 aliphatic heterocycles. The third kappa shape index (κ3) is 2.10. The van der Waals surface area contributed by atoms with Crippen molar-refractivity contribution in [3.05, 3.63) is 72.8 Å². The van der Waals surface area contributed by atoms with Crippen LogP contribution in [0.1, 0.15) is 0 Å². The monoisotopic (exact) mass is 263 g/mol. The van der Waals surface area contributed by atoms with Crippen LogP contribution in [0.5, 0.6) is 0 Å². The van der Waals surface area contributed by atoms with E-state index in [9.17, 15) is 9.90 Å². The van der Waals surface area contributed by atoms with Crippen molar-refractivity contribution >= 4 is 28.2 Å². The molecule has 0 aliphatic rings. The van der Waals surface area contributed by atoms with E-state index < -0.39 is 6.09 Å². The number of anilines is 2. The van der Waals surface area contributed by atoms with Gasteiger partial charge in [-0.05, 0) is 23.6 Å². The maximum Gasteiger partial charge on any atom is 0.416 e. The molecule has 20 heavy (non-hydrogen) atoms. The molecule has 3 heteroatoms. The molecule has 0 atom stereocenters. The first-order valence-electron chi connectivity index (χ1n) is 6.33. The Morgan fingerprint density at radius 2 is 1.45 bits per heavy atom. The summed E-state index contributed by atoms with van der Waals surface area (Å²) >= 11 is 0. The van der Waals surface area contributed by atoms with Crippen molar-refractivity contribution in [1.29, 1.82) is 0 Å². The van der Waals surface area contributed by atoms with Gasteiger partial charge in [-0.15, -0.1) is 0 Å². The van der Waals surface area contributed by atoms with E-state index in [1.54, 1.807) is 12.1 Å². The van der Waals surface area contributed by atoms with E-state index >= 15 is 0 Å². The van der Waals surface area contributed by atoms with Crippen LogP contribution in [0.2, 0.25) is 0 Å². The molecule has 1 amide bonds. The number of hydrogen-bond acceptors (Lipinski definition) is 1. The van der Waals surface area contributed by atoms with Crippen LogP contribution in [-0.4, -0.2) is 11.2 Å². The average molecular weight is 263 g/mol. The molecule has 0 heterocycles. The third-order valence-corrected chi connectivity index (χ3v) is 3.21. The SMILES string of the molecule is O=C(O)N(c1ccccc1)c1cccc2ccccc12. The van der Waals surface area contributed by atoms with Crippen molar-refractivity contribution in [3.63, 3.8) is 0 Å². The molecule has 0 bridgehead atoms. The summed E-state index contributed by atoms with van der Waals surface area (Å²) in [7, 11) is 0. The number of rotatable bonds is 2. The lowest BCUT2D eigenvalue weighted by Crippen LogP contribution is -2.23. The molecule has 0 saturated heterocycles. The van der Waals surface area contributed by atoms with Gasteiger partial charge in [-0.25, -0.2) is 9.69 Å². The molecule has 0 fully saturated rings. The zero-order valence-corrected chi connectivity index (χ0v) is 10.7. The van der Waals surface area contributed by atoms with Crippen LogP contribution in [0.4, 0.5) is 16.2 Å². The lowest BCUT2D eigenvalue weighted by atomic mass is 10.1. The number of amides is 1. The Labute approximate surface area is 116 Å². The minimum absolute atomic E-state index is 0.636. The highest BCUT2D eigenvalue weighted by Crippen LogP contribution is 2.32. The van der Waals surface area contributed by atoms with Crippen molar-refractivity contribution in [1.82, 2.24) is 0 Å². The standard InChI is InChI=1S/C17H13NO2/c19-17(20)18(14-9-2-1-3-10-14)16-12-6-8-13-7-4-5-11-15(13)16/h1-12H,(H,19,20). The zero-order valence-electron chi connectivity index (χ0n) is 10.7. The van der Waals surface area contributed by atoms with Crippen LogP contribution in [0.15, 0.2) is 72.8 Å². The van der Waals surface area contributed by atoms with E-state index in [4.69, 9.17) is 0 Å². The second kappa shape index (κ2) is 5.05. The summed E-state index contributed by atoms with van der Waals surface area (Å²) in [5, 5.41) is 11.5. The van der Waals surface area contributed by atoms with Gasteiger partial charge in [0.05, 0.1) is 11.4 Å². The summed E-state index contributed by atoms with van der Waals surface area (Å²) in [4.78, 5) is 13.0. The first-order chi connectivity index (χ1) is 9.77. The molecule has 0 spiro atoms. The highest BCUT2D eigenvalue weighted by atomic mass is 16.4. The summed E-state index contributed by atoms with van der Waals surface area (Å²) in [5.41, 5.74) is 1.30. The van der Waals surface area contributed by atoms with Crippen LogP contribution in [-0.2, 0) is 0 Å². The number of carbonyl (C=O) groups is 1. The van der Waals surface area contributed by atoms with Crippen LogP contribution in [0.25, 0.3) is 10.8 Å². The van der Waals surface area contributed by atoms with E-state index in [2.05, 4.69) is 0 Å². The molecule has 0 radical (unpaired) electrons. The quantitative estimate of drug-likeness (QED) is 0.730. The molecule has 0 aromatic heterocycles. The number of nitrogens with zero attached hydrogens (tertiary/aromatic N) is 1. The minimum atomic E-state index is -0.993. The molecular weight excluding hydrogens is 250 g/mol. The predicted molar refractivity (Wildman–Crippen MR) is 80.6 cm³/mol. The van der Waals surface area contributed by atoms with Crippen molar-refractivity contribution in [2.24, 2.45) is 0 Å². The van der Waals surface area contributed by atoms with Crippen LogP contribution in [0.3, 0.4) is 0 Å². The minimum Gasteiger partial charge on any atom is -0.464 e. The fourth-order valence-electron chi connectivity index (χ4n) is 2.33. The predicted octanol–water partition coefficient (Wildman–Crippen LogP) is 4.66. The van der Waals surface area contributed by atoms with Gasteiger partial charge < -0.3 is 5.11 Å². The molecule has 0 saturated carbocycles. The average Bonchev–Trinajstić information content (AvgIpc) is 2.48. The number of hydrogen-bond donors (Lipinski definition) is 1. The summed E-state index contributed by atoms with van der Waals surface area (Å²) in [5.74, 6) is 0. The molecular formula is C17H13NO2. The van der Waals surface area contributed by atoms with Gasteiger partial charge in [-0.2, -0.15) is 0 Å². The van der Waals surface area contributed by atoms with Gasteiger partial charge in [-0.3, -0.25) is 0 Å². The number of para-hydroxylation sites is 1. The van der Waals surface area contributed by atoms with E-state index in [0.717, 1.165) is 10.8 Å². The molecule has 3 nitrogen and oxygen atoms in total. The Morgan fingerprint density at radius 3 is 2.20 bits per heavy atom. The fraction of sp³-hybridized carbons (Fsp3) is 0. The highest BCUT2D eigenvalue weighted by Gasteiger charge is 2.18. The van der Waals surface area contributed by atoms with E-state index in [1.807, 2.05) is 60.7 Å². The van der Waals surface area contributed by atoms with Crippen LogP contribution < -0.4 is 4.90 Å². The molecule has 0 aliphatic carbocycles. The van der Waals surface area contributed by atoms with Crippen LogP contribution >= 0.6 is 0 Å². The first kappa shape index (κ1) is 12.2. The maximum absolute atomic E-state index is 11.7. The maximum atomic E-state index is 11.7. The molecule has 0 unspecified atom stereocenters. The Kier molecular flexibility index (Phi) is 3.09. The number of carboxylic acid groups (broad SMARTS) is 1. The second-order valence-electron chi connectivity index (χ2n) is 4.45. The first-order valence-corrected chi connectivity index (χ1v) is 6.33. The van der Waals surface area contributed by atoms with E-state index in [-0.39, 0.29) is 0 Å². The molecule has 3 rings (SSSR count). The fourth-order valence-corrected chi connectivity index (χ4v) is 2.33. The molecule has 1 N–H and O–H groups in total. The second-order valence-corrected chi connectivity index (χ2v) is 4.45. The number of benzene rings is 3. The normalized spacial score (nSPS) is 10.4. The van der Waals surface area contributed by atoms with Gasteiger partial charge in [-0.1, -0.05) is 54.6 Å². The van der Waals surface area contributed by atoms with Crippen molar-refractivity contribution in [2.75, 3.05) is 4.90 Å².